The quantitative estimate of drug-likeness (QED) is 0.512. The van der Waals surface area contributed by atoms with Crippen molar-refractivity contribution in [3.8, 4) is 23.0 Å². The Morgan fingerprint density at radius 1 is 1.13 bits per heavy atom. The Hall–Kier alpha value is -3.25. The lowest BCUT2D eigenvalue weighted by Crippen LogP contribution is -2.24. The van der Waals surface area contributed by atoms with Gasteiger partial charge < -0.3 is 19.6 Å². The minimum atomic E-state index is -4.14. The van der Waals surface area contributed by atoms with Gasteiger partial charge in [0.25, 0.3) is 5.89 Å². The van der Waals surface area contributed by atoms with Crippen LogP contribution in [0.2, 0.25) is 0 Å². The fraction of sp³-hybridized carbons (Fsp3) is 0.222. The van der Waals surface area contributed by atoms with Crippen LogP contribution in [-0.2, 0) is 16.6 Å². The third-order valence-corrected chi connectivity index (χ3v) is 5.54. The summed E-state index contributed by atoms with van der Waals surface area (Å²) in [5.41, 5.74) is 6.36. The average Bonchev–Trinajstić information content (AvgIpc) is 3.22. The van der Waals surface area contributed by atoms with Gasteiger partial charge >= 0.3 is 6.43 Å². The van der Waals surface area contributed by atoms with Gasteiger partial charge in [-0.1, -0.05) is 6.07 Å². The molecule has 0 spiro atoms. The van der Waals surface area contributed by atoms with Gasteiger partial charge in [0.05, 0.1) is 24.7 Å². The number of nitrogens with zero attached hydrogens (tertiary/aromatic N) is 2. The summed E-state index contributed by atoms with van der Waals surface area (Å²) >= 11 is 0. The molecule has 3 aromatic rings. The van der Waals surface area contributed by atoms with Gasteiger partial charge in [-0.3, -0.25) is 0 Å². The minimum Gasteiger partial charge on any atom is -0.497 e. The van der Waals surface area contributed by atoms with Crippen molar-refractivity contribution in [2.24, 2.45) is 0 Å². The Morgan fingerprint density at radius 2 is 1.90 bits per heavy atom. The summed E-state index contributed by atoms with van der Waals surface area (Å²) < 4.78 is 69.1. The number of aromatic nitrogens is 2. The molecule has 3 rings (SSSR count). The molecule has 0 radical (unpaired) electrons. The molecule has 1 aromatic heterocycles. The number of benzene rings is 2. The van der Waals surface area contributed by atoms with E-state index >= 15 is 0 Å². The van der Waals surface area contributed by atoms with Crippen LogP contribution in [0, 0.1) is 0 Å². The van der Waals surface area contributed by atoms with Crippen LogP contribution < -0.4 is 19.9 Å². The van der Waals surface area contributed by atoms with E-state index in [0.29, 0.717) is 17.1 Å². The lowest BCUT2D eigenvalue weighted by Gasteiger charge is -2.13. The molecule has 0 amide bonds. The number of halogens is 2. The molecule has 0 aliphatic rings. The Morgan fingerprint density at radius 3 is 2.53 bits per heavy atom. The van der Waals surface area contributed by atoms with Crippen molar-refractivity contribution in [2.75, 3.05) is 20.0 Å². The number of hydrogen-bond donors (Lipinski definition) is 2. The van der Waals surface area contributed by atoms with Crippen molar-refractivity contribution in [3.05, 3.63) is 47.9 Å². The van der Waals surface area contributed by atoms with Crippen LogP contribution >= 0.6 is 0 Å². The van der Waals surface area contributed by atoms with E-state index in [-0.39, 0.29) is 28.6 Å². The highest BCUT2D eigenvalue weighted by atomic mass is 32.2. The standard InChI is InChI=1S/C18H18F2N4O5S/c1-27-12-5-3-10(14(8-12)28-2)9-22-30(25,26)15-7-11(21)4-6-13(15)17-23-24-18(29-17)16(19)20/h3-8,16,22H,9,21H2,1-2H3. The van der Waals surface area contributed by atoms with E-state index in [1.54, 1.807) is 18.2 Å². The summed E-state index contributed by atoms with van der Waals surface area (Å²) in [5, 5.41) is 6.74. The lowest BCUT2D eigenvalue weighted by molar-refractivity contribution is 0.116. The Bertz CT molecular complexity index is 1150. The molecule has 0 fully saturated rings. The first-order valence-electron chi connectivity index (χ1n) is 8.47. The monoisotopic (exact) mass is 440 g/mol. The number of nitrogen functional groups attached to an aromatic ring is 1. The van der Waals surface area contributed by atoms with E-state index in [2.05, 4.69) is 14.9 Å². The molecular formula is C18H18F2N4O5S. The van der Waals surface area contributed by atoms with E-state index < -0.39 is 22.3 Å². The summed E-state index contributed by atoms with van der Waals surface area (Å²) in [6.45, 7) is -0.115. The van der Waals surface area contributed by atoms with E-state index in [1.807, 2.05) is 0 Å². The number of nitrogens with one attached hydrogen (secondary N) is 1. The van der Waals surface area contributed by atoms with E-state index in [1.165, 1.54) is 32.4 Å². The van der Waals surface area contributed by atoms with Gasteiger partial charge in [-0.05, 0) is 24.3 Å². The van der Waals surface area contributed by atoms with Gasteiger partial charge in [-0.2, -0.15) is 8.78 Å². The van der Waals surface area contributed by atoms with Crippen molar-refractivity contribution >= 4 is 15.7 Å². The predicted molar refractivity (Wildman–Crippen MR) is 103 cm³/mol. The maximum Gasteiger partial charge on any atom is 0.314 e. The van der Waals surface area contributed by atoms with Crippen LogP contribution in [0.15, 0.2) is 45.7 Å². The molecule has 0 unspecified atom stereocenters. The summed E-state index contributed by atoms with van der Waals surface area (Å²) in [6.07, 6.45) is -2.99. The highest BCUT2D eigenvalue weighted by Gasteiger charge is 2.25. The van der Waals surface area contributed by atoms with Gasteiger partial charge in [0.15, 0.2) is 0 Å². The Balaban J connectivity index is 1.93. The second kappa shape index (κ2) is 8.63. The van der Waals surface area contributed by atoms with Crippen molar-refractivity contribution in [1.29, 1.82) is 0 Å². The maximum atomic E-state index is 12.9. The summed E-state index contributed by atoms with van der Waals surface area (Å²) in [7, 11) is -1.20. The predicted octanol–water partition coefficient (Wildman–Crippen LogP) is 2.75. The topological polar surface area (TPSA) is 130 Å². The minimum absolute atomic E-state index is 0.0576. The van der Waals surface area contributed by atoms with Crippen LogP contribution in [-0.4, -0.2) is 32.8 Å². The summed E-state index contributed by atoms with van der Waals surface area (Å²) in [6, 6.07) is 8.79. The van der Waals surface area contributed by atoms with Gasteiger partial charge in [0, 0.05) is 23.9 Å². The molecule has 0 aliphatic heterocycles. The van der Waals surface area contributed by atoms with Gasteiger partial charge in [-0.25, -0.2) is 13.1 Å². The third kappa shape index (κ3) is 4.49. The highest BCUT2D eigenvalue weighted by molar-refractivity contribution is 7.89. The van der Waals surface area contributed by atoms with E-state index in [9.17, 15) is 17.2 Å². The maximum absolute atomic E-state index is 12.9. The molecule has 9 nitrogen and oxygen atoms in total. The Kier molecular flexibility index (Phi) is 6.17. The number of methoxy groups -OCH3 is 2. The van der Waals surface area contributed by atoms with Crippen molar-refractivity contribution in [3.63, 3.8) is 0 Å². The molecule has 160 valence electrons. The fourth-order valence-corrected chi connectivity index (χ4v) is 3.86. The lowest BCUT2D eigenvalue weighted by atomic mass is 10.2. The fourth-order valence-electron chi connectivity index (χ4n) is 2.62. The highest BCUT2D eigenvalue weighted by Crippen LogP contribution is 2.31. The number of alkyl halides is 2. The third-order valence-electron chi connectivity index (χ3n) is 4.10. The molecule has 0 atom stereocenters. The van der Waals surface area contributed by atoms with E-state index in [4.69, 9.17) is 19.6 Å². The van der Waals surface area contributed by atoms with Crippen molar-refractivity contribution in [1.82, 2.24) is 14.9 Å². The number of rotatable bonds is 8. The number of ether oxygens (including phenoxy) is 2. The zero-order chi connectivity index (χ0) is 21.9. The number of nitrogens with two attached hydrogens (primary N) is 1. The molecule has 0 saturated heterocycles. The van der Waals surface area contributed by atoms with E-state index in [0.717, 1.165) is 0 Å². The first kappa shape index (κ1) is 21.5. The number of hydrogen-bond acceptors (Lipinski definition) is 8. The Labute approximate surface area is 170 Å². The smallest absolute Gasteiger partial charge is 0.314 e. The van der Waals surface area contributed by atoms with Crippen molar-refractivity contribution < 1.29 is 31.1 Å². The van der Waals surface area contributed by atoms with Crippen LogP contribution in [0.3, 0.4) is 0 Å². The van der Waals surface area contributed by atoms with Crippen LogP contribution in [0.1, 0.15) is 17.9 Å². The molecule has 1 heterocycles. The van der Waals surface area contributed by atoms with Crippen molar-refractivity contribution in [2.45, 2.75) is 17.9 Å². The molecule has 3 N–H and O–H groups in total. The van der Waals surface area contributed by atoms with Crippen LogP contribution in [0.4, 0.5) is 14.5 Å². The second-order valence-electron chi connectivity index (χ2n) is 6.00. The molecule has 12 heteroatoms. The molecule has 2 aromatic carbocycles. The zero-order valence-electron chi connectivity index (χ0n) is 15.9. The average molecular weight is 440 g/mol. The molecule has 0 bridgehead atoms. The van der Waals surface area contributed by atoms with Crippen LogP contribution in [0.5, 0.6) is 11.5 Å². The SMILES string of the molecule is COc1ccc(CNS(=O)(=O)c2cc(N)ccc2-c2nnc(C(F)F)o2)c(OC)c1. The van der Waals surface area contributed by atoms with Gasteiger partial charge in [0.1, 0.15) is 11.5 Å². The molecule has 30 heavy (non-hydrogen) atoms. The first-order valence-corrected chi connectivity index (χ1v) is 9.95. The van der Waals surface area contributed by atoms with Gasteiger partial charge in [0.2, 0.25) is 15.9 Å². The normalized spacial score (nSPS) is 11.6. The first-order chi connectivity index (χ1) is 14.2. The molecule has 0 saturated carbocycles. The molecular weight excluding hydrogens is 422 g/mol. The zero-order valence-corrected chi connectivity index (χ0v) is 16.7. The largest absolute Gasteiger partial charge is 0.497 e. The summed E-state index contributed by atoms with van der Waals surface area (Å²) in [5.74, 6) is -0.320. The number of sulfonamides is 1. The van der Waals surface area contributed by atoms with Gasteiger partial charge in [-0.15, -0.1) is 10.2 Å². The van der Waals surface area contributed by atoms with Crippen LogP contribution in [0.25, 0.3) is 11.5 Å². The number of anilines is 1. The second-order valence-corrected chi connectivity index (χ2v) is 7.74. The summed E-state index contributed by atoms with van der Waals surface area (Å²) in [4.78, 5) is -0.292. The molecule has 0 aliphatic carbocycles.